The molecule has 0 radical (unpaired) electrons. The molecule has 2 aromatic carbocycles. The number of methoxy groups -OCH3 is 1. The summed E-state index contributed by atoms with van der Waals surface area (Å²) in [5.74, 6) is -1.23. The first-order valence-electron chi connectivity index (χ1n) is 10.5. The van der Waals surface area contributed by atoms with Crippen molar-refractivity contribution >= 4 is 11.6 Å². The van der Waals surface area contributed by atoms with Crippen molar-refractivity contribution in [2.45, 2.75) is 25.4 Å². The third-order valence-electron chi connectivity index (χ3n) is 5.76. The lowest BCUT2D eigenvalue weighted by Gasteiger charge is -2.30. The van der Waals surface area contributed by atoms with Crippen LogP contribution in [-0.2, 0) is 11.3 Å². The van der Waals surface area contributed by atoms with E-state index in [4.69, 9.17) is 17.0 Å². The average molecular weight is 451 g/mol. The van der Waals surface area contributed by atoms with Crippen LogP contribution >= 0.6 is 0 Å². The molecule has 4 rings (SSSR count). The zero-order valence-corrected chi connectivity index (χ0v) is 18.1. The molecule has 1 fully saturated rings. The summed E-state index contributed by atoms with van der Waals surface area (Å²) in [7, 11) is 1.38. The Morgan fingerprint density at radius 1 is 1.18 bits per heavy atom. The second kappa shape index (κ2) is 9.38. The minimum absolute atomic E-state index is 0.0104. The van der Waals surface area contributed by atoms with Crippen LogP contribution in [0.4, 0.5) is 14.5 Å². The van der Waals surface area contributed by atoms with Crippen LogP contribution in [0.3, 0.4) is 0 Å². The third-order valence-corrected chi connectivity index (χ3v) is 5.76. The molecular weight excluding hydrogens is 428 g/mol. The van der Waals surface area contributed by atoms with E-state index in [-0.39, 0.29) is 29.9 Å². The lowest BCUT2D eigenvalue weighted by Crippen LogP contribution is -2.44. The summed E-state index contributed by atoms with van der Waals surface area (Å²) in [6, 6.07) is 8.76. The van der Waals surface area contributed by atoms with Gasteiger partial charge < -0.3 is 15.4 Å². The van der Waals surface area contributed by atoms with Gasteiger partial charge >= 0.3 is 0 Å². The second-order valence-corrected chi connectivity index (χ2v) is 7.93. The van der Waals surface area contributed by atoms with E-state index in [0.29, 0.717) is 35.5 Å². The molecule has 7 nitrogen and oxygen atoms in total. The van der Waals surface area contributed by atoms with Gasteiger partial charge in [0, 0.05) is 36.5 Å². The molecule has 2 heterocycles. The number of likely N-dealkylation sites (tertiary alicyclic amines) is 1. The number of nitrogens with two attached hydrogens (primary N) is 1. The molecule has 0 bridgehead atoms. The normalized spacial score (nSPS) is 14.2. The van der Waals surface area contributed by atoms with Crippen molar-refractivity contribution in [3.8, 4) is 28.1 Å². The molecule has 3 aromatic rings. The molecule has 9 heteroatoms. The Bertz CT molecular complexity index is 1230. The quantitative estimate of drug-likeness (QED) is 0.595. The van der Waals surface area contributed by atoms with Crippen molar-refractivity contribution in [2.75, 3.05) is 20.2 Å². The van der Waals surface area contributed by atoms with Crippen LogP contribution < -0.4 is 10.5 Å². The standard InChI is InChI=1S/C24H23F2N5O2/c1-28-21-5-3-16(12-19(21)25)24-18(15-4-6-22(33-2)20(26)11-15)13-31(29-24)14-23(32)30-9-7-17(27)8-10-30/h3-6,11-13,17H,7-10,14,27H2,2H3. The van der Waals surface area contributed by atoms with Gasteiger partial charge in [-0.05, 0) is 36.6 Å². The van der Waals surface area contributed by atoms with Crippen LogP contribution in [0.25, 0.3) is 27.2 Å². The molecular formula is C24H23F2N5O2. The summed E-state index contributed by atoms with van der Waals surface area (Å²) in [6.07, 6.45) is 3.14. The monoisotopic (exact) mass is 451 g/mol. The number of benzene rings is 2. The van der Waals surface area contributed by atoms with E-state index < -0.39 is 11.6 Å². The average Bonchev–Trinajstić information content (AvgIpc) is 3.23. The predicted octanol–water partition coefficient (Wildman–Crippen LogP) is 4.00. The van der Waals surface area contributed by atoms with E-state index in [9.17, 15) is 13.6 Å². The van der Waals surface area contributed by atoms with Crippen molar-refractivity contribution in [3.63, 3.8) is 0 Å². The van der Waals surface area contributed by atoms with Crippen LogP contribution in [0.1, 0.15) is 12.8 Å². The Morgan fingerprint density at radius 2 is 1.88 bits per heavy atom. The van der Waals surface area contributed by atoms with Crippen molar-refractivity contribution < 1.29 is 18.3 Å². The molecule has 0 saturated carbocycles. The molecule has 0 spiro atoms. The smallest absolute Gasteiger partial charge is 0.244 e. The molecule has 1 amide bonds. The SMILES string of the molecule is [C-]#[N+]c1ccc(-c2nn(CC(=O)N3CCC(N)CC3)cc2-c2ccc(OC)c(F)c2)cc1F. The number of piperidine rings is 1. The summed E-state index contributed by atoms with van der Waals surface area (Å²) in [6.45, 7) is 8.22. The second-order valence-electron chi connectivity index (χ2n) is 7.93. The summed E-state index contributed by atoms with van der Waals surface area (Å²) >= 11 is 0. The Hall–Kier alpha value is -3.77. The van der Waals surface area contributed by atoms with E-state index in [1.165, 1.54) is 36.1 Å². The van der Waals surface area contributed by atoms with Gasteiger partial charge in [0.2, 0.25) is 11.6 Å². The topological polar surface area (TPSA) is 77.7 Å². The minimum atomic E-state index is -0.676. The number of ether oxygens (including phenoxy) is 1. The van der Waals surface area contributed by atoms with Crippen LogP contribution in [0.5, 0.6) is 5.75 Å². The van der Waals surface area contributed by atoms with Gasteiger partial charge in [-0.1, -0.05) is 18.2 Å². The fraction of sp³-hybridized carbons (Fsp3) is 0.292. The van der Waals surface area contributed by atoms with Gasteiger partial charge in [0.1, 0.15) is 18.1 Å². The van der Waals surface area contributed by atoms with Crippen molar-refractivity contribution in [3.05, 3.63) is 65.6 Å². The lowest BCUT2D eigenvalue weighted by molar-refractivity contribution is -0.133. The molecule has 170 valence electrons. The number of hydrogen-bond donors (Lipinski definition) is 1. The molecule has 1 aliphatic heterocycles. The van der Waals surface area contributed by atoms with Gasteiger partial charge in [-0.15, -0.1) is 0 Å². The first-order valence-corrected chi connectivity index (χ1v) is 10.5. The number of halogens is 2. The van der Waals surface area contributed by atoms with Crippen LogP contribution in [0, 0.1) is 18.2 Å². The van der Waals surface area contributed by atoms with Crippen LogP contribution in [-0.4, -0.2) is 46.8 Å². The van der Waals surface area contributed by atoms with Gasteiger partial charge in [-0.25, -0.2) is 13.6 Å². The highest BCUT2D eigenvalue weighted by Crippen LogP contribution is 2.35. The lowest BCUT2D eigenvalue weighted by atomic mass is 10.0. The zero-order valence-electron chi connectivity index (χ0n) is 18.1. The number of amides is 1. The van der Waals surface area contributed by atoms with Gasteiger partial charge in [0.05, 0.1) is 13.7 Å². The highest BCUT2D eigenvalue weighted by atomic mass is 19.1. The maximum Gasteiger partial charge on any atom is 0.244 e. The van der Waals surface area contributed by atoms with Crippen molar-refractivity contribution in [2.24, 2.45) is 5.73 Å². The molecule has 0 aliphatic carbocycles. The van der Waals surface area contributed by atoms with Crippen LogP contribution in [0.15, 0.2) is 42.6 Å². The number of aromatic nitrogens is 2. The van der Waals surface area contributed by atoms with Gasteiger partial charge in [0.15, 0.2) is 11.6 Å². The molecule has 0 unspecified atom stereocenters. The van der Waals surface area contributed by atoms with E-state index in [0.717, 1.165) is 12.8 Å². The van der Waals surface area contributed by atoms with Crippen molar-refractivity contribution in [1.82, 2.24) is 14.7 Å². The summed E-state index contributed by atoms with van der Waals surface area (Å²) < 4.78 is 35.2. The Balaban J connectivity index is 1.72. The molecule has 1 aliphatic rings. The maximum absolute atomic E-state index is 14.4. The number of hydrogen-bond acceptors (Lipinski definition) is 4. The van der Waals surface area contributed by atoms with E-state index >= 15 is 0 Å². The van der Waals surface area contributed by atoms with Crippen molar-refractivity contribution in [1.29, 1.82) is 0 Å². The largest absolute Gasteiger partial charge is 0.494 e. The first kappa shape index (κ1) is 22.4. The Morgan fingerprint density at radius 3 is 2.52 bits per heavy atom. The van der Waals surface area contributed by atoms with E-state index in [2.05, 4.69) is 9.94 Å². The summed E-state index contributed by atoms with van der Waals surface area (Å²) in [5.41, 5.74) is 7.64. The highest BCUT2D eigenvalue weighted by molar-refractivity contribution is 5.82. The van der Waals surface area contributed by atoms with E-state index in [1.54, 1.807) is 23.2 Å². The van der Waals surface area contributed by atoms with Crippen LogP contribution in [0.2, 0.25) is 0 Å². The first-order chi connectivity index (χ1) is 15.9. The molecule has 1 aromatic heterocycles. The molecule has 1 saturated heterocycles. The fourth-order valence-corrected chi connectivity index (χ4v) is 3.89. The van der Waals surface area contributed by atoms with Gasteiger partial charge in [-0.3, -0.25) is 9.48 Å². The van der Waals surface area contributed by atoms with Gasteiger partial charge in [-0.2, -0.15) is 5.10 Å². The number of nitrogens with zero attached hydrogens (tertiary/aromatic N) is 4. The third kappa shape index (κ3) is 4.71. The maximum atomic E-state index is 14.4. The summed E-state index contributed by atoms with van der Waals surface area (Å²) in [5, 5.41) is 4.52. The Labute approximate surface area is 190 Å². The number of carbonyl (C=O) groups is 1. The van der Waals surface area contributed by atoms with E-state index in [1.807, 2.05) is 0 Å². The van der Waals surface area contributed by atoms with Gasteiger partial charge in [0.25, 0.3) is 0 Å². The minimum Gasteiger partial charge on any atom is -0.494 e. The number of carbonyl (C=O) groups excluding carboxylic acids is 1. The molecule has 2 N–H and O–H groups in total. The fourth-order valence-electron chi connectivity index (χ4n) is 3.89. The molecule has 0 atom stereocenters. The Kier molecular flexibility index (Phi) is 6.38. The predicted molar refractivity (Wildman–Crippen MR) is 120 cm³/mol. The number of rotatable bonds is 5. The highest BCUT2D eigenvalue weighted by Gasteiger charge is 2.22. The summed E-state index contributed by atoms with van der Waals surface area (Å²) in [4.78, 5) is 17.7. The molecule has 33 heavy (non-hydrogen) atoms. The zero-order chi connectivity index (χ0) is 23.5.